The zero-order valence-electron chi connectivity index (χ0n) is 11.0. The molecule has 94 valence electrons. The fraction of sp³-hybridized carbons (Fsp3) is 0.600. The first-order valence-corrected chi connectivity index (χ1v) is 6.75. The Balaban J connectivity index is 1.79. The second kappa shape index (κ2) is 6.18. The summed E-state index contributed by atoms with van der Waals surface area (Å²) in [7, 11) is 0. The first kappa shape index (κ1) is 12.6. The molecular weight excluding hydrogens is 208 g/mol. The number of nitrogens with one attached hydrogen (secondary N) is 1. The van der Waals surface area contributed by atoms with Crippen LogP contribution in [0, 0.1) is 5.92 Å². The highest BCUT2D eigenvalue weighted by atomic mass is 15.2. The van der Waals surface area contributed by atoms with E-state index in [0.717, 1.165) is 12.5 Å². The van der Waals surface area contributed by atoms with Crippen LogP contribution in [-0.2, 0) is 6.42 Å². The van der Waals surface area contributed by atoms with Crippen LogP contribution in [-0.4, -0.2) is 37.1 Å². The number of hydrogen-bond acceptors (Lipinski definition) is 2. The quantitative estimate of drug-likeness (QED) is 0.856. The van der Waals surface area contributed by atoms with Crippen molar-refractivity contribution in [2.24, 2.45) is 5.92 Å². The standard InChI is InChI=1S/C15H24N2/c1-13(2)15-12-17(11-9-16-15)10-8-14-6-4-3-5-7-14/h3-7,13,15-16H,8-12H2,1-2H3. The topological polar surface area (TPSA) is 15.3 Å². The van der Waals surface area contributed by atoms with E-state index in [0.29, 0.717) is 6.04 Å². The van der Waals surface area contributed by atoms with Crippen LogP contribution in [0.4, 0.5) is 0 Å². The summed E-state index contributed by atoms with van der Waals surface area (Å²) in [4.78, 5) is 2.59. The largest absolute Gasteiger partial charge is 0.311 e. The molecule has 1 N–H and O–H groups in total. The molecule has 17 heavy (non-hydrogen) atoms. The molecule has 1 fully saturated rings. The van der Waals surface area contributed by atoms with Gasteiger partial charge in [-0.3, -0.25) is 0 Å². The zero-order valence-corrected chi connectivity index (χ0v) is 11.0. The van der Waals surface area contributed by atoms with Gasteiger partial charge in [-0.25, -0.2) is 0 Å². The lowest BCUT2D eigenvalue weighted by molar-refractivity contribution is 0.177. The van der Waals surface area contributed by atoms with Crippen LogP contribution in [0.3, 0.4) is 0 Å². The van der Waals surface area contributed by atoms with Crippen molar-refractivity contribution in [2.75, 3.05) is 26.2 Å². The Bertz CT molecular complexity index is 321. The molecule has 0 saturated carbocycles. The molecule has 0 aliphatic carbocycles. The van der Waals surface area contributed by atoms with E-state index in [4.69, 9.17) is 0 Å². The van der Waals surface area contributed by atoms with E-state index < -0.39 is 0 Å². The van der Waals surface area contributed by atoms with Crippen LogP contribution in [0.1, 0.15) is 19.4 Å². The van der Waals surface area contributed by atoms with Crippen molar-refractivity contribution in [3.8, 4) is 0 Å². The molecule has 0 spiro atoms. The van der Waals surface area contributed by atoms with E-state index in [-0.39, 0.29) is 0 Å². The number of rotatable bonds is 4. The summed E-state index contributed by atoms with van der Waals surface area (Å²) in [6, 6.07) is 11.5. The highest BCUT2D eigenvalue weighted by Gasteiger charge is 2.20. The van der Waals surface area contributed by atoms with Gasteiger partial charge in [0.1, 0.15) is 0 Å². The van der Waals surface area contributed by atoms with Crippen molar-refractivity contribution in [1.29, 1.82) is 0 Å². The molecule has 2 nitrogen and oxygen atoms in total. The molecule has 1 atom stereocenters. The molecule has 0 amide bonds. The first-order chi connectivity index (χ1) is 8.25. The third-order valence-electron chi connectivity index (χ3n) is 3.65. The molecule has 1 heterocycles. The predicted molar refractivity (Wildman–Crippen MR) is 73.2 cm³/mol. The van der Waals surface area contributed by atoms with Crippen LogP contribution in [0.5, 0.6) is 0 Å². The average molecular weight is 232 g/mol. The van der Waals surface area contributed by atoms with Crippen molar-refractivity contribution >= 4 is 0 Å². The van der Waals surface area contributed by atoms with Gasteiger partial charge in [-0.05, 0) is 17.9 Å². The maximum Gasteiger partial charge on any atom is 0.0218 e. The smallest absolute Gasteiger partial charge is 0.0218 e. The summed E-state index contributed by atoms with van der Waals surface area (Å²) in [5.41, 5.74) is 1.45. The lowest BCUT2D eigenvalue weighted by Crippen LogP contribution is -2.53. The molecule has 1 aromatic rings. The second-order valence-corrected chi connectivity index (χ2v) is 5.34. The Hall–Kier alpha value is -0.860. The van der Waals surface area contributed by atoms with Gasteiger partial charge in [0.05, 0.1) is 0 Å². The second-order valence-electron chi connectivity index (χ2n) is 5.34. The molecule has 1 aliphatic rings. The van der Waals surface area contributed by atoms with Crippen molar-refractivity contribution in [2.45, 2.75) is 26.3 Å². The summed E-state index contributed by atoms with van der Waals surface area (Å²) >= 11 is 0. The number of nitrogens with zero attached hydrogens (tertiary/aromatic N) is 1. The Morgan fingerprint density at radius 1 is 1.29 bits per heavy atom. The minimum Gasteiger partial charge on any atom is -0.311 e. The number of piperazine rings is 1. The van der Waals surface area contributed by atoms with Crippen molar-refractivity contribution < 1.29 is 0 Å². The minimum absolute atomic E-state index is 0.666. The van der Waals surface area contributed by atoms with Gasteiger partial charge >= 0.3 is 0 Å². The molecule has 0 aromatic heterocycles. The first-order valence-electron chi connectivity index (χ1n) is 6.75. The lowest BCUT2D eigenvalue weighted by atomic mass is 10.0. The molecule has 0 bridgehead atoms. The van der Waals surface area contributed by atoms with E-state index in [9.17, 15) is 0 Å². The van der Waals surface area contributed by atoms with Crippen LogP contribution >= 0.6 is 0 Å². The molecule has 0 radical (unpaired) electrons. The minimum atomic E-state index is 0.666. The summed E-state index contributed by atoms with van der Waals surface area (Å²) in [5, 5.41) is 3.61. The van der Waals surface area contributed by atoms with Crippen molar-refractivity contribution in [3.63, 3.8) is 0 Å². The number of hydrogen-bond donors (Lipinski definition) is 1. The molecule has 1 unspecified atom stereocenters. The van der Waals surface area contributed by atoms with E-state index in [1.165, 1.54) is 31.6 Å². The van der Waals surface area contributed by atoms with Gasteiger partial charge in [-0.15, -0.1) is 0 Å². The molecule has 2 rings (SSSR count). The fourth-order valence-corrected chi connectivity index (χ4v) is 2.42. The van der Waals surface area contributed by atoms with Gasteiger partial charge in [0.25, 0.3) is 0 Å². The fourth-order valence-electron chi connectivity index (χ4n) is 2.42. The summed E-state index contributed by atoms with van der Waals surface area (Å²) in [6.07, 6.45) is 1.17. The molecule has 2 heteroatoms. The lowest BCUT2D eigenvalue weighted by Gasteiger charge is -2.35. The van der Waals surface area contributed by atoms with Crippen molar-refractivity contribution in [1.82, 2.24) is 10.2 Å². The van der Waals surface area contributed by atoms with Gasteiger partial charge in [0.15, 0.2) is 0 Å². The summed E-state index contributed by atoms with van der Waals surface area (Å²) in [6.45, 7) is 9.32. The van der Waals surface area contributed by atoms with Crippen LogP contribution in [0.25, 0.3) is 0 Å². The predicted octanol–water partition coefficient (Wildman–Crippen LogP) is 2.16. The SMILES string of the molecule is CC(C)C1CN(CCc2ccccc2)CCN1. The Labute approximate surface area is 105 Å². The van der Waals surface area contributed by atoms with Gasteiger partial charge in [0.2, 0.25) is 0 Å². The van der Waals surface area contributed by atoms with E-state index in [2.05, 4.69) is 54.4 Å². The van der Waals surface area contributed by atoms with Crippen LogP contribution in [0.2, 0.25) is 0 Å². The average Bonchev–Trinajstić information content (AvgIpc) is 2.38. The van der Waals surface area contributed by atoms with Crippen LogP contribution in [0.15, 0.2) is 30.3 Å². The molecular formula is C15H24N2. The maximum absolute atomic E-state index is 3.61. The Morgan fingerprint density at radius 2 is 2.06 bits per heavy atom. The van der Waals surface area contributed by atoms with Gasteiger partial charge < -0.3 is 10.2 Å². The molecule has 1 aliphatic heterocycles. The highest BCUT2D eigenvalue weighted by molar-refractivity contribution is 5.14. The van der Waals surface area contributed by atoms with E-state index in [1.54, 1.807) is 0 Å². The Morgan fingerprint density at radius 3 is 2.76 bits per heavy atom. The highest BCUT2D eigenvalue weighted by Crippen LogP contribution is 2.09. The maximum atomic E-state index is 3.61. The Kier molecular flexibility index (Phi) is 4.57. The van der Waals surface area contributed by atoms with Crippen molar-refractivity contribution in [3.05, 3.63) is 35.9 Å². The summed E-state index contributed by atoms with van der Waals surface area (Å²) in [5.74, 6) is 0.731. The van der Waals surface area contributed by atoms with Gasteiger partial charge in [-0.2, -0.15) is 0 Å². The van der Waals surface area contributed by atoms with Crippen LogP contribution < -0.4 is 5.32 Å². The normalized spacial score (nSPS) is 21.9. The molecule has 1 aromatic carbocycles. The van der Waals surface area contributed by atoms with Gasteiger partial charge in [0, 0.05) is 32.2 Å². The molecule has 1 saturated heterocycles. The zero-order chi connectivity index (χ0) is 12.1. The third kappa shape index (κ3) is 3.83. The monoisotopic (exact) mass is 232 g/mol. The van der Waals surface area contributed by atoms with E-state index in [1.807, 2.05) is 0 Å². The third-order valence-corrected chi connectivity index (χ3v) is 3.65. The number of benzene rings is 1. The summed E-state index contributed by atoms with van der Waals surface area (Å²) < 4.78 is 0. The van der Waals surface area contributed by atoms with E-state index >= 15 is 0 Å². The van der Waals surface area contributed by atoms with Gasteiger partial charge in [-0.1, -0.05) is 44.2 Å².